The predicted octanol–water partition coefficient (Wildman–Crippen LogP) is 2.56. The normalized spacial score (nSPS) is 11.7. The molecule has 0 saturated heterocycles. The van der Waals surface area contributed by atoms with Crippen LogP contribution in [0.1, 0.15) is 20.8 Å². The third-order valence-corrected chi connectivity index (χ3v) is 1.39. The summed E-state index contributed by atoms with van der Waals surface area (Å²) in [5.74, 6) is 0. The van der Waals surface area contributed by atoms with Gasteiger partial charge in [-0.25, -0.2) is 0 Å². The average molecular weight is 166 g/mol. The molecule has 0 amide bonds. The van der Waals surface area contributed by atoms with Gasteiger partial charge in [-0.3, -0.25) is 4.99 Å². The van der Waals surface area contributed by atoms with Gasteiger partial charge in [-0.1, -0.05) is 15.8 Å². The van der Waals surface area contributed by atoms with Gasteiger partial charge in [-0.2, -0.15) is 0 Å². The maximum Gasteiger partial charge on any atom is 0.251 e. The van der Waals surface area contributed by atoms with Crippen LogP contribution in [-0.2, 0) is 0 Å². The number of rotatable bonds is 3. The number of aliphatic imine (C=N–C) groups is 1. The van der Waals surface area contributed by atoms with Crippen molar-refractivity contribution in [1.29, 1.82) is 5.53 Å². The van der Waals surface area contributed by atoms with E-state index in [2.05, 4.69) is 11.7 Å². The Bertz CT molecular complexity index is 255. The summed E-state index contributed by atoms with van der Waals surface area (Å²) in [4.78, 5) is 3.79. The first-order valence-corrected chi connectivity index (χ1v) is 3.76. The summed E-state index contributed by atoms with van der Waals surface area (Å²) in [6.45, 7) is 9.24. The van der Waals surface area contributed by atoms with Crippen LogP contribution in [0.25, 0.3) is 0 Å². The van der Waals surface area contributed by atoms with Crippen molar-refractivity contribution in [3.63, 3.8) is 0 Å². The molecule has 0 aromatic heterocycles. The summed E-state index contributed by atoms with van der Waals surface area (Å²) in [7, 11) is 1.67. The summed E-state index contributed by atoms with van der Waals surface area (Å²) in [5.41, 5.74) is 10.1. The highest BCUT2D eigenvalue weighted by Crippen LogP contribution is 2.09. The minimum Gasteiger partial charge on any atom is -0.262 e. The first kappa shape index (κ1) is 10.8. The van der Waals surface area contributed by atoms with Gasteiger partial charge in [0.15, 0.2) is 7.05 Å². The summed E-state index contributed by atoms with van der Waals surface area (Å²) >= 11 is 0. The fourth-order valence-corrected chi connectivity index (χ4v) is 0.798. The van der Waals surface area contributed by atoms with Gasteiger partial charge in [0.05, 0.1) is 0 Å². The van der Waals surface area contributed by atoms with Crippen molar-refractivity contribution in [3.8, 4) is 0 Å². The third kappa shape index (κ3) is 3.23. The molecule has 0 aliphatic rings. The molecule has 3 nitrogen and oxygen atoms in total. The molecule has 0 bridgehead atoms. The number of hydrogen-bond acceptors (Lipinski definition) is 2. The molecule has 0 unspecified atom stereocenters. The lowest BCUT2D eigenvalue weighted by Gasteiger charge is -1.95. The van der Waals surface area contributed by atoms with E-state index >= 15 is 0 Å². The van der Waals surface area contributed by atoms with Crippen molar-refractivity contribution in [2.45, 2.75) is 20.8 Å². The minimum atomic E-state index is 0.772. The standard InChI is InChI=1S/C9H16N3/c1-7(2)6-9(12(5)10)8(3)11-4/h6,10H,4H2,1-3,5H3/q+1/b9-8+,12-10?. The molecule has 1 N–H and O–H groups in total. The molecule has 0 rings (SSSR count). The van der Waals surface area contributed by atoms with Crippen LogP contribution in [0.15, 0.2) is 28.0 Å². The smallest absolute Gasteiger partial charge is 0.251 e. The Balaban J connectivity index is 5.06. The van der Waals surface area contributed by atoms with E-state index in [1.165, 1.54) is 4.70 Å². The van der Waals surface area contributed by atoms with Crippen LogP contribution < -0.4 is 0 Å². The van der Waals surface area contributed by atoms with Gasteiger partial charge >= 0.3 is 0 Å². The molecule has 0 aliphatic heterocycles. The van der Waals surface area contributed by atoms with Crippen LogP contribution in [0.4, 0.5) is 0 Å². The lowest BCUT2D eigenvalue weighted by atomic mass is 10.2. The van der Waals surface area contributed by atoms with Gasteiger partial charge in [-0.15, -0.1) is 0 Å². The van der Waals surface area contributed by atoms with Crippen molar-refractivity contribution >= 4 is 6.72 Å². The van der Waals surface area contributed by atoms with E-state index in [1.54, 1.807) is 7.05 Å². The number of hydrogen-bond donors (Lipinski definition) is 1. The van der Waals surface area contributed by atoms with Crippen LogP contribution in [0.5, 0.6) is 0 Å². The maximum absolute atomic E-state index is 7.41. The van der Waals surface area contributed by atoms with Gasteiger partial charge in [0, 0.05) is 6.08 Å². The van der Waals surface area contributed by atoms with Gasteiger partial charge in [0.1, 0.15) is 5.70 Å². The van der Waals surface area contributed by atoms with E-state index in [0.717, 1.165) is 17.0 Å². The quantitative estimate of drug-likeness (QED) is 0.290. The Morgan fingerprint density at radius 3 is 2.17 bits per heavy atom. The third-order valence-electron chi connectivity index (χ3n) is 1.39. The Kier molecular flexibility index (Phi) is 4.11. The molecule has 0 spiro atoms. The molecule has 0 saturated carbocycles. The van der Waals surface area contributed by atoms with Gasteiger partial charge in [-0.05, 0) is 27.5 Å². The van der Waals surface area contributed by atoms with Crippen LogP contribution in [-0.4, -0.2) is 18.5 Å². The fraction of sp³-hybridized carbons (Fsp3) is 0.444. The van der Waals surface area contributed by atoms with Crippen LogP contribution >= 0.6 is 0 Å². The Morgan fingerprint density at radius 1 is 1.42 bits per heavy atom. The summed E-state index contributed by atoms with van der Waals surface area (Å²) in [5, 5.41) is 0. The zero-order valence-electron chi connectivity index (χ0n) is 8.18. The second-order valence-corrected chi connectivity index (χ2v) is 2.91. The number of nitrogens with one attached hydrogen (secondary N) is 1. The van der Waals surface area contributed by atoms with E-state index in [0.29, 0.717) is 0 Å². The second-order valence-electron chi connectivity index (χ2n) is 2.91. The molecular formula is C9H16N3+. The molecule has 0 atom stereocenters. The molecule has 12 heavy (non-hydrogen) atoms. The highest BCUT2D eigenvalue weighted by molar-refractivity contribution is 5.31. The predicted molar refractivity (Wildman–Crippen MR) is 50.6 cm³/mol. The lowest BCUT2D eigenvalue weighted by molar-refractivity contribution is -0.536. The minimum absolute atomic E-state index is 0.772. The van der Waals surface area contributed by atoms with Crippen molar-refractivity contribution < 1.29 is 4.70 Å². The van der Waals surface area contributed by atoms with Crippen molar-refractivity contribution in [3.05, 3.63) is 23.0 Å². The Hall–Kier alpha value is -1.25. The van der Waals surface area contributed by atoms with E-state index in [-0.39, 0.29) is 0 Å². The van der Waals surface area contributed by atoms with Crippen LogP contribution in [0.3, 0.4) is 0 Å². The van der Waals surface area contributed by atoms with Gasteiger partial charge < -0.3 is 0 Å². The van der Waals surface area contributed by atoms with E-state index < -0.39 is 0 Å². The molecule has 0 fully saturated rings. The monoisotopic (exact) mass is 166 g/mol. The zero-order valence-corrected chi connectivity index (χ0v) is 8.18. The first-order chi connectivity index (χ1) is 5.49. The molecule has 0 heterocycles. The van der Waals surface area contributed by atoms with E-state index in [9.17, 15) is 0 Å². The SMILES string of the molecule is C=N/C(C)=C(\C=C(C)C)[N+](C)=N. The highest BCUT2D eigenvalue weighted by Gasteiger charge is 2.08. The number of allylic oxidation sites excluding steroid dienone is 3. The molecule has 3 heteroatoms. The van der Waals surface area contributed by atoms with E-state index in [1.807, 2.05) is 26.8 Å². The highest BCUT2D eigenvalue weighted by atomic mass is 15.2. The van der Waals surface area contributed by atoms with Crippen molar-refractivity contribution in [2.75, 3.05) is 7.05 Å². The molecule has 0 aromatic rings. The van der Waals surface area contributed by atoms with Gasteiger partial charge in [0.25, 0.3) is 5.70 Å². The second kappa shape index (κ2) is 4.59. The zero-order chi connectivity index (χ0) is 9.72. The van der Waals surface area contributed by atoms with Crippen molar-refractivity contribution in [2.24, 2.45) is 4.99 Å². The van der Waals surface area contributed by atoms with Gasteiger partial charge in [0.2, 0.25) is 0 Å². The average Bonchev–Trinajstić information content (AvgIpc) is 1.98. The number of likely N-dealkylation sites (N-methyl/N-ethyl adjacent to an activating group) is 1. The summed E-state index contributed by atoms with van der Waals surface area (Å²) < 4.78 is 1.29. The molecular weight excluding hydrogens is 150 g/mol. The molecule has 0 aromatic carbocycles. The van der Waals surface area contributed by atoms with Crippen LogP contribution in [0, 0.1) is 5.53 Å². The van der Waals surface area contributed by atoms with Crippen molar-refractivity contribution in [1.82, 2.24) is 0 Å². The maximum atomic E-state index is 7.41. The molecule has 0 radical (unpaired) electrons. The van der Waals surface area contributed by atoms with E-state index in [4.69, 9.17) is 5.53 Å². The summed E-state index contributed by atoms with van der Waals surface area (Å²) in [6, 6.07) is 0. The summed E-state index contributed by atoms with van der Waals surface area (Å²) in [6.07, 6.45) is 1.91. The Morgan fingerprint density at radius 2 is 1.92 bits per heavy atom. The lowest BCUT2D eigenvalue weighted by Crippen LogP contribution is -2.00. The molecule has 66 valence electrons. The largest absolute Gasteiger partial charge is 0.262 e. The first-order valence-electron chi connectivity index (χ1n) is 3.76. The fourth-order valence-electron chi connectivity index (χ4n) is 0.798. The van der Waals surface area contributed by atoms with Crippen LogP contribution in [0.2, 0.25) is 0 Å². The Labute approximate surface area is 73.6 Å². The number of nitrogens with zero attached hydrogens (tertiary/aromatic N) is 2. The topological polar surface area (TPSA) is 39.2 Å². The molecule has 0 aliphatic carbocycles.